The van der Waals surface area contributed by atoms with Gasteiger partial charge in [-0.15, -0.1) is 0 Å². The summed E-state index contributed by atoms with van der Waals surface area (Å²) in [7, 11) is 0. The molecule has 3 amide bonds. The van der Waals surface area contributed by atoms with Crippen LogP contribution in [0.3, 0.4) is 0 Å². The first-order valence-corrected chi connectivity index (χ1v) is 11.1. The Balaban J connectivity index is 1.63. The number of hydrogen-bond acceptors (Lipinski definition) is 5. The quantitative estimate of drug-likeness (QED) is 0.469. The minimum Gasteiger partial charge on any atom is -0.451 e. The van der Waals surface area contributed by atoms with E-state index in [9.17, 15) is 14.4 Å². The number of ether oxygens (including phenoxy) is 1. The van der Waals surface area contributed by atoms with Crippen LogP contribution in [0.15, 0.2) is 40.8 Å². The van der Waals surface area contributed by atoms with Gasteiger partial charge in [0.25, 0.3) is 5.91 Å². The van der Waals surface area contributed by atoms with Gasteiger partial charge in [-0.1, -0.05) is 30.9 Å². The maximum absolute atomic E-state index is 12.9. The molecule has 1 unspecified atom stereocenters. The molecule has 1 saturated carbocycles. The van der Waals surface area contributed by atoms with Gasteiger partial charge in [0.1, 0.15) is 18.4 Å². The Morgan fingerprint density at radius 1 is 1.09 bits per heavy atom. The molecular weight excluding hydrogens is 434 g/mol. The van der Waals surface area contributed by atoms with E-state index in [1.165, 1.54) is 0 Å². The van der Waals surface area contributed by atoms with E-state index in [2.05, 4.69) is 10.6 Å². The summed E-state index contributed by atoms with van der Waals surface area (Å²) < 4.78 is 10.8. The van der Waals surface area contributed by atoms with Crippen LogP contribution < -0.4 is 16.4 Å². The zero-order valence-corrected chi connectivity index (χ0v) is 18.5. The van der Waals surface area contributed by atoms with Crippen LogP contribution in [0.4, 0.5) is 0 Å². The van der Waals surface area contributed by atoms with Crippen molar-refractivity contribution >= 4 is 29.3 Å². The molecule has 32 heavy (non-hydrogen) atoms. The summed E-state index contributed by atoms with van der Waals surface area (Å²) in [5.74, 6) is -0.575. The van der Waals surface area contributed by atoms with Crippen molar-refractivity contribution in [2.24, 2.45) is 11.7 Å². The number of hydrogen-bond donors (Lipinski definition) is 3. The van der Waals surface area contributed by atoms with Gasteiger partial charge in [0.15, 0.2) is 5.76 Å². The molecule has 0 aliphatic heterocycles. The SMILES string of the molecule is NC(=O)COCCNC(=O)C(NC(=O)c1ccc(-c2ccc(Cl)cc2)o1)C1CCCCC1. The summed E-state index contributed by atoms with van der Waals surface area (Å²) in [4.78, 5) is 36.4. The standard InChI is InChI=1S/C23H28ClN3O5/c24-17-8-6-15(7-9-17)18-10-11-19(32-18)22(29)27-21(16-4-2-1-3-5-16)23(30)26-12-13-31-14-20(25)28/h6-11,16,21H,1-5,12-14H2,(H2,25,28)(H,26,30)(H,27,29). The molecule has 9 heteroatoms. The summed E-state index contributed by atoms with van der Waals surface area (Å²) in [5.41, 5.74) is 5.82. The fourth-order valence-corrected chi connectivity index (χ4v) is 3.96. The van der Waals surface area contributed by atoms with Crippen LogP contribution in [0.1, 0.15) is 42.7 Å². The molecule has 0 saturated heterocycles. The number of rotatable bonds is 10. The smallest absolute Gasteiger partial charge is 0.287 e. The lowest BCUT2D eigenvalue weighted by Crippen LogP contribution is -2.51. The first-order chi connectivity index (χ1) is 15.4. The second kappa shape index (κ2) is 11.7. The van der Waals surface area contributed by atoms with Gasteiger partial charge in [-0.2, -0.15) is 0 Å². The Morgan fingerprint density at radius 3 is 2.50 bits per heavy atom. The van der Waals surface area contributed by atoms with E-state index in [1.54, 1.807) is 36.4 Å². The monoisotopic (exact) mass is 461 g/mol. The number of nitrogens with one attached hydrogen (secondary N) is 2. The topological polar surface area (TPSA) is 124 Å². The van der Waals surface area contributed by atoms with Gasteiger partial charge < -0.3 is 25.5 Å². The van der Waals surface area contributed by atoms with Crippen molar-refractivity contribution in [1.29, 1.82) is 0 Å². The lowest BCUT2D eigenvalue weighted by atomic mass is 9.83. The van der Waals surface area contributed by atoms with Crippen LogP contribution in [0, 0.1) is 5.92 Å². The molecule has 1 atom stereocenters. The third kappa shape index (κ3) is 6.83. The molecule has 1 heterocycles. The van der Waals surface area contributed by atoms with Crippen LogP contribution in [0.25, 0.3) is 11.3 Å². The maximum Gasteiger partial charge on any atom is 0.287 e. The van der Waals surface area contributed by atoms with Gasteiger partial charge in [-0.05, 0) is 55.2 Å². The highest BCUT2D eigenvalue weighted by atomic mass is 35.5. The Labute approximate surface area is 191 Å². The first kappa shape index (κ1) is 23.8. The van der Waals surface area contributed by atoms with E-state index in [1.807, 2.05) is 0 Å². The number of primary amides is 1. The summed E-state index contributed by atoms with van der Waals surface area (Å²) in [5, 5.41) is 6.24. The summed E-state index contributed by atoms with van der Waals surface area (Å²) >= 11 is 5.92. The summed E-state index contributed by atoms with van der Waals surface area (Å²) in [6.45, 7) is 0.169. The predicted molar refractivity (Wildman–Crippen MR) is 120 cm³/mol. The van der Waals surface area contributed by atoms with Gasteiger partial charge in [0.05, 0.1) is 6.61 Å². The maximum atomic E-state index is 12.9. The highest BCUT2D eigenvalue weighted by molar-refractivity contribution is 6.30. The molecule has 1 aliphatic rings. The van der Waals surface area contributed by atoms with Crippen molar-refractivity contribution in [3.05, 3.63) is 47.2 Å². The molecule has 172 valence electrons. The summed E-state index contributed by atoms with van der Waals surface area (Å²) in [6, 6.07) is 9.73. The Morgan fingerprint density at radius 2 is 1.81 bits per heavy atom. The van der Waals surface area contributed by atoms with Crippen molar-refractivity contribution in [3.8, 4) is 11.3 Å². The predicted octanol–water partition coefficient (Wildman–Crippen LogP) is 2.90. The number of amides is 3. The lowest BCUT2D eigenvalue weighted by Gasteiger charge is -2.29. The van der Waals surface area contributed by atoms with E-state index in [0.717, 1.165) is 37.7 Å². The second-order valence-corrected chi connectivity index (χ2v) is 8.27. The third-order valence-electron chi connectivity index (χ3n) is 5.44. The van der Waals surface area contributed by atoms with Gasteiger partial charge in [0.2, 0.25) is 11.8 Å². The van der Waals surface area contributed by atoms with Crippen LogP contribution in [-0.4, -0.2) is 43.5 Å². The molecule has 3 rings (SSSR count). The molecule has 0 spiro atoms. The largest absolute Gasteiger partial charge is 0.451 e. The fourth-order valence-electron chi connectivity index (χ4n) is 3.84. The number of nitrogens with two attached hydrogens (primary N) is 1. The molecular formula is C23H28ClN3O5. The number of carbonyl (C=O) groups is 3. The minimum absolute atomic E-state index is 0.0462. The average molecular weight is 462 g/mol. The van der Waals surface area contributed by atoms with Crippen LogP contribution in [0.5, 0.6) is 0 Å². The Bertz CT molecular complexity index is 922. The highest BCUT2D eigenvalue weighted by Gasteiger charge is 2.31. The van der Waals surface area contributed by atoms with Crippen molar-refractivity contribution < 1.29 is 23.5 Å². The van der Waals surface area contributed by atoms with E-state index in [4.69, 9.17) is 26.5 Å². The normalized spacial score (nSPS) is 15.2. The molecule has 2 aromatic rings. The van der Waals surface area contributed by atoms with Crippen LogP contribution >= 0.6 is 11.6 Å². The highest BCUT2D eigenvalue weighted by Crippen LogP contribution is 2.28. The van der Waals surface area contributed by atoms with Crippen molar-refractivity contribution in [1.82, 2.24) is 10.6 Å². The van der Waals surface area contributed by atoms with Crippen LogP contribution in [-0.2, 0) is 14.3 Å². The van der Waals surface area contributed by atoms with E-state index >= 15 is 0 Å². The fraction of sp³-hybridized carbons (Fsp3) is 0.435. The molecule has 1 aliphatic carbocycles. The molecule has 8 nitrogen and oxygen atoms in total. The zero-order valence-electron chi connectivity index (χ0n) is 17.8. The molecule has 1 aromatic carbocycles. The minimum atomic E-state index is -0.678. The van der Waals surface area contributed by atoms with Gasteiger partial charge >= 0.3 is 0 Å². The second-order valence-electron chi connectivity index (χ2n) is 7.83. The third-order valence-corrected chi connectivity index (χ3v) is 5.69. The van der Waals surface area contributed by atoms with Gasteiger partial charge in [0, 0.05) is 17.1 Å². The molecule has 0 radical (unpaired) electrons. The van der Waals surface area contributed by atoms with E-state index < -0.39 is 17.9 Å². The molecule has 1 aromatic heterocycles. The number of carbonyl (C=O) groups excluding carboxylic acids is 3. The van der Waals surface area contributed by atoms with Crippen molar-refractivity contribution in [2.45, 2.75) is 38.1 Å². The van der Waals surface area contributed by atoms with Gasteiger partial charge in [-0.3, -0.25) is 14.4 Å². The number of halogens is 1. The Kier molecular flexibility index (Phi) is 8.70. The molecule has 1 fully saturated rings. The first-order valence-electron chi connectivity index (χ1n) is 10.7. The Hall–Kier alpha value is -2.84. The lowest BCUT2D eigenvalue weighted by molar-refractivity contribution is -0.125. The average Bonchev–Trinajstić information content (AvgIpc) is 3.28. The van der Waals surface area contributed by atoms with E-state index in [-0.39, 0.29) is 37.3 Å². The molecule has 0 bridgehead atoms. The van der Waals surface area contributed by atoms with Crippen molar-refractivity contribution in [2.75, 3.05) is 19.8 Å². The molecule has 4 N–H and O–H groups in total. The summed E-state index contributed by atoms with van der Waals surface area (Å²) in [6.07, 6.45) is 4.90. The zero-order chi connectivity index (χ0) is 22.9. The number of furan rings is 1. The van der Waals surface area contributed by atoms with E-state index in [0.29, 0.717) is 10.8 Å². The van der Waals surface area contributed by atoms with Crippen molar-refractivity contribution in [3.63, 3.8) is 0 Å². The number of benzene rings is 1. The van der Waals surface area contributed by atoms with Gasteiger partial charge in [-0.25, -0.2) is 0 Å². The van der Waals surface area contributed by atoms with Crippen LogP contribution in [0.2, 0.25) is 5.02 Å².